The molecule has 2 rings (SSSR count). The zero-order valence-electron chi connectivity index (χ0n) is 11.1. The van der Waals surface area contributed by atoms with Crippen LogP contribution in [-0.4, -0.2) is 11.7 Å². The lowest BCUT2D eigenvalue weighted by Crippen LogP contribution is -2.13. The third-order valence-corrected chi connectivity index (χ3v) is 3.89. The first-order valence-corrected chi connectivity index (χ1v) is 7.64. The Morgan fingerprint density at radius 1 is 1.29 bits per heavy atom. The van der Waals surface area contributed by atoms with E-state index < -0.39 is 5.82 Å². The van der Waals surface area contributed by atoms with Crippen molar-refractivity contribution in [1.29, 1.82) is 0 Å². The Bertz CT molecular complexity index is 651. The molecule has 1 amide bonds. The number of carbonyl (C=O) groups is 1. The van der Waals surface area contributed by atoms with E-state index >= 15 is 0 Å². The van der Waals surface area contributed by atoms with Crippen molar-refractivity contribution in [1.82, 2.24) is 0 Å². The highest BCUT2D eigenvalue weighted by Gasteiger charge is 2.07. The molecule has 0 unspecified atom stereocenters. The lowest BCUT2D eigenvalue weighted by Gasteiger charge is -2.07. The number of nitrogens with two attached hydrogens (primary N) is 1. The van der Waals surface area contributed by atoms with Crippen molar-refractivity contribution in [2.45, 2.75) is 11.3 Å². The van der Waals surface area contributed by atoms with Crippen molar-refractivity contribution in [3.63, 3.8) is 0 Å². The van der Waals surface area contributed by atoms with Gasteiger partial charge in [0, 0.05) is 27.8 Å². The van der Waals surface area contributed by atoms with E-state index in [4.69, 9.17) is 17.3 Å². The number of rotatable bonds is 5. The number of hydrogen-bond acceptors (Lipinski definition) is 3. The van der Waals surface area contributed by atoms with E-state index in [1.54, 1.807) is 6.07 Å². The van der Waals surface area contributed by atoms with Crippen molar-refractivity contribution >= 4 is 40.6 Å². The zero-order chi connectivity index (χ0) is 15.2. The van der Waals surface area contributed by atoms with Crippen LogP contribution in [0.4, 0.5) is 15.8 Å². The number of amides is 1. The molecule has 0 aromatic heterocycles. The molecule has 0 fully saturated rings. The molecule has 0 atom stereocenters. The fourth-order valence-corrected chi connectivity index (χ4v) is 2.83. The molecule has 0 saturated carbocycles. The van der Waals surface area contributed by atoms with Crippen LogP contribution in [0.2, 0.25) is 5.02 Å². The van der Waals surface area contributed by atoms with Crippen LogP contribution in [0.5, 0.6) is 0 Å². The van der Waals surface area contributed by atoms with Gasteiger partial charge in [-0.3, -0.25) is 4.79 Å². The number of halogens is 2. The average Bonchev–Trinajstić information content (AvgIpc) is 2.43. The molecule has 0 saturated heterocycles. The lowest BCUT2D eigenvalue weighted by molar-refractivity contribution is -0.115. The second kappa shape index (κ2) is 7.33. The number of anilines is 2. The first kappa shape index (κ1) is 15.7. The molecule has 0 aliphatic rings. The van der Waals surface area contributed by atoms with Gasteiger partial charge in [0.15, 0.2) is 0 Å². The maximum atomic E-state index is 13.5. The summed E-state index contributed by atoms with van der Waals surface area (Å²) in [5.74, 6) is -0.176. The van der Waals surface area contributed by atoms with Crippen LogP contribution in [0, 0.1) is 5.82 Å². The summed E-state index contributed by atoms with van der Waals surface area (Å²) < 4.78 is 13.5. The molecule has 0 spiro atoms. The summed E-state index contributed by atoms with van der Waals surface area (Å²) in [7, 11) is 0. The van der Waals surface area contributed by atoms with Crippen LogP contribution in [-0.2, 0) is 4.79 Å². The highest BCUT2D eigenvalue weighted by molar-refractivity contribution is 7.99. The Kier molecular flexibility index (Phi) is 5.47. The molecule has 2 aromatic carbocycles. The number of carbonyl (C=O) groups excluding carboxylic acids is 1. The monoisotopic (exact) mass is 324 g/mol. The summed E-state index contributed by atoms with van der Waals surface area (Å²) in [5.41, 5.74) is 6.07. The third kappa shape index (κ3) is 4.95. The average molecular weight is 325 g/mol. The standard InChI is InChI=1S/C15H14ClFN2OS/c16-10-2-1-3-12(8-10)21-7-6-15(20)19-14-9-11(18)4-5-13(14)17/h1-5,8-9H,6-7,18H2,(H,19,20). The topological polar surface area (TPSA) is 55.1 Å². The molecule has 0 aliphatic carbocycles. The number of hydrogen-bond donors (Lipinski definition) is 2. The summed E-state index contributed by atoms with van der Waals surface area (Å²) in [5, 5.41) is 3.17. The molecule has 6 heteroatoms. The summed E-state index contributed by atoms with van der Waals surface area (Å²) >= 11 is 7.40. The Hall–Kier alpha value is -1.72. The fraction of sp³-hybridized carbons (Fsp3) is 0.133. The Morgan fingerprint density at radius 2 is 2.10 bits per heavy atom. The van der Waals surface area contributed by atoms with Gasteiger partial charge < -0.3 is 11.1 Å². The summed E-state index contributed by atoms with van der Waals surface area (Å²) in [6, 6.07) is 11.5. The molecular weight excluding hydrogens is 311 g/mol. The molecule has 0 bridgehead atoms. The van der Waals surface area contributed by atoms with Crippen LogP contribution >= 0.6 is 23.4 Å². The van der Waals surface area contributed by atoms with Crippen LogP contribution in [0.1, 0.15) is 6.42 Å². The maximum absolute atomic E-state index is 13.5. The van der Waals surface area contributed by atoms with E-state index in [1.165, 1.54) is 30.0 Å². The van der Waals surface area contributed by atoms with Crippen molar-refractivity contribution < 1.29 is 9.18 Å². The van der Waals surface area contributed by atoms with Crippen LogP contribution in [0.15, 0.2) is 47.4 Å². The minimum absolute atomic E-state index is 0.104. The summed E-state index contributed by atoms with van der Waals surface area (Å²) in [4.78, 5) is 12.8. The molecular formula is C15H14ClFN2OS. The summed E-state index contributed by atoms with van der Waals surface area (Å²) in [6.45, 7) is 0. The summed E-state index contributed by atoms with van der Waals surface area (Å²) in [6.07, 6.45) is 0.269. The minimum atomic E-state index is -0.500. The van der Waals surface area contributed by atoms with Gasteiger partial charge in [-0.15, -0.1) is 11.8 Å². The van der Waals surface area contributed by atoms with Gasteiger partial charge in [0.05, 0.1) is 5.69 Å². The molecule has 21 heavy (non-hydrogen) atoms. The van der Waals surface area contributed by atoms with E-state index in [0.717, 1.165) is 4.90 Å². The number of thioether (sulfide) groups is 1. The number of nitrogens with one attached hydrogen (secondary N) is 1. The second-order valence-corrected chi connectivity index (χ2v) is 5.95. The van der Waals surface area contributed by atoms with Gasteiger partial charge in [0.1, 0.15) is 5.82 Å². The van der Waals surface area contributed by atoms with Gasteiger partial charge in [0.2, 0.25) is 5.91 Å². The van der Waals surface area contributed by atoms with Crippen LogP contribution in [0.25, 0.3) is 0 Å². The maximum Gasteiger partial charge on any atom is 0.225 e. The molecule has 3 nitrogen and oxygen atoms in total. The molecule has 0 aliphatic heterocycles. The lowest BCUT2D eigenvalue weighted by atomic mass is 10.2. The van der Waals surface area contributed by atoms with Gasteiger partial charge in [-0.2, -0.15) is 0 Å². The zero-order valence-corrected chi connectivity index (χ0v) is 12.7. The molecule has 0 heterocycles. The highest BCUT2D eigenvalue weighted by Crippen LogP contribution is 2.23. The molecule has 0 radical (unpaired) electrons. The van der Waals surface area contributed by atoms with E-state index in [1.807, 2.05) is 18.2 Å². The van der Waals surface area contributed by atoms with E-state index in [0.29, 0.717) is 16.5 Å². The Morgan fingerprint density at radius 3 is 2.86 bits per heavy atom. The van der Waals surface area contributed by atoms with Crippen molar-refractivity contribution in [2.24, 2.45) is 0 Å². The third-order valence-electron chi connectivity index (χ3n) is 2.66. The quantitative estimate of drug-likeness (QED) is 0.640. The normalized spacial score (nSPS) is 10.4. The first-order chi connectivity index (χ1) is 10.0. The van der Waals surface area contributed by atoms with Gasteiger partial charge >= 0.3 is 0 Å². The van der Waals surface area contributed by atoms with Gasteiger partial charge in [0.25, 0.3) is 0 Å². The van der Waals surface area contributed by atoms with Crippen LogP contribution in [0.3, 0.4) is 0 Å². The fourth-order valence-electron chi connectivity index (χ4n) is 1.67. The predicted octanol–water partition coefficient (Wildman–Crippen LogP) is 4.18. The highest BCUT2D eigenvalue weighted by atomic mass is 35.5. The van der Waals surface area contributed by atoms with E-state index in [-0.39, 0.29) is 18.0 Å². The van der Waals surface area contributed by atoms with E-state index in [2.05, 4.69) is 5.32 Å². The smallest absolute Gasteiger partial charge is 0.225 e. The minimum Gasteiger partial charge on any atom is -0.399 e. The van der Waals surface area contributed by atoms with Crippen molar-refractivity contribution in [3.05, 3.63) is 53.3 Å². The first-order valence-electron chi connectivity index (χ1n) is 6.28. The van der Waals surface area contributed by atoms with Gasteiger partial charge in [-0.1, -0.05) is 17.7 Å². The van der Waals surface area contributed by atoms with E-state index in [9.17, 15) is 9.18 Å². The van der Waals surface area contributed by atoms with Crippen molar-refractivity contribution in [2.75, 3.05) is 16.8 Å². The molecule has 3 N–H and O–H groups in total. The van der Waals surface area contributed by atoms with Crippen LogP contribution < -0.4 is 11.1 Å². The number of benzene rings is 2. The Balaban J connectivity index is 1.84. The van der Waals surface area contributed by atoms with Gasteiger partial charge in [-0.05, 0) is 36.4 Å². The number of nitrogen functional groups attached to an aromatic ring is 1. The second-order valence-electron chi connectivity index (χ2n) is 4.34. The van der Waals surface area contributed by atoms with Gasteiger partial charge in [-0.25, -0.2) is 4.39 Å². The SMILES string of the molecule is Nc1ccc(F)c(NC(=O)CCSc2cccc(Cl)c2)c1. The predicted molar refractivity (Wildman–Crippen MR) is 86.2 cm³/mol. The van der Waals surface area contributed by atoms with Crippen molar-refractivity contribution in [3.8, 4) is 0 Å². The largest absolute Gasteiger partial charge is 0.399 e. The molecule has 2 aromatic rings. The molecule has 110 valence electrons. The Labute approximate surface area is 131 Å².